The molecule has 104 valence electrons. The lowest BCUT2D eigenvalue weighted by atomic mass is 10.1. The molecule has 0 spiro atoms. The Bertz CT molecular complexity index is 671. The molecule has 2 rings (SSSR count). The molecular weight excluding hydrogens is 262 g/mol. The molecule has 0 aliphatic rings. The van der Waals surface area contributed by atoms with Crippen LogP contribution in [0.25, 0.3) is 5.52 Å². The molecule has 6 nitrogen and oxygen atoms in total. The van der Waals surface area contributed by atoms with E-state index in [0.717, 1.165) is 11.1 Å². The molecule has 0 saturated carbocycles. The zero-order chi connectivity index (χ0) is 14.7. The molecule has 0 aromatic carbocycles. The minimum absolute atomic E-state index is 0.0970. The van der Waals surface area contributed by atoms with E-state index in [1.807, 2.05) is 32.0 Å². The molecule has 0 radical (unpaired) electrons. The van der Waals surface area contributed by atoms with Crippen molar-refractivity contribution in [2.75, 3.05) is 0 Å². The second-order valence-corrected chi connectivity index (χ2v) is 4.45. The van der Waals surface area contributed by atoms with E-state index < -0.39 is 11.9 Å². The Morgan fingerprint density at radius 2 is 2.00 bits per heavy atom. The van der Waals surface area contributed by atoms with E-state index in [9.17, 15) is 14.4 Å². The van der Waals surface area contributed by atoms with Crippen LogP contribution >= 0.6 is 0 Å². The van der Waals surface area contributed by atoms with Gasteiger partial charge < -0.3 is 9.47 Å². The van der Waals surface area contributed by atoms with Crippen LogP contribution in [0, 0.1) is 0 Å². The van der Waals surface area contributed by atoms with Crippen molar-refractivity contribution in [3.63, 3.8) is 0 Å². The van der Waals surface area contributed by atoms with Crippen molar-refractivity contribution in [1.29, 1.82) is 0 Å². The Balaban J connectivity index is 2.41. The largest absolute Gasteiger partial charge is 0.425 e. The lowest BCUT2D eigenvalue weighted by molar-refractivity contribution is -0.165. The Labute approximate surface area is 114 Å². The van der Waals surface area contributed by atoms with Gasteiger partial charge in [-0.1, -0.05) is 19.9 Å². The minimum Gasteiger partial charge on any atom is -0.400 e. The van der Waals surface area contributed by atoms with Gasteiger partial charge in [0.25, 0.3) is 0 Å². The van der Waals surface area contributed by atoms with Crippen LogP contribution in [0.4, 0.5) is 0 Å². The van der Waals surface area contributed by atoms with Gasteiger partial charge in [-0.3, -0.25) is 9.20 Å². The first-order chi connectivity index (χ1) is 9.54. The lowest BCUT2D eigenvalue weighted by Crippen LogP contribution is -2.23. The number of nitrogens with zero attached hydrogens (tertiary/aromatic N) is 1. The summed E-state index contributed by atoms with van der Waals surface area (Å²) < 4.78 is 10.7. The highest BCUT2D eigenvalue weighted by Gasteiger charge is 2.23. The molecule has 2 aromatic rings. The number of hydrogen-bond acceptors (Lipinski definition) is 5. The van der Waals surface area contributed by atoms with E-state index in [1.54, 1.807) is 16.7 Å². The normalized spacial score (nSPS) is 10.6. The van der Waals surface area contributed by atoms with E-state index in [-0.39, 0.29) is 18.3 Å². The van der Waals surface area contributed by atoms with Gasteiger partial charge >= 0.3 is 18.4 Å². The quantitative estimate of drug-likeness (QED) is 0.368. The number of carbonyl (C=O) groups excluding carboxylic acids is 3. The van der Waals surface area contributed by atoms with Crippen LogP contribution in [-0.4, -0.2) is 22.8 Å². The van der Waals surface area contributed by atoms with Crippen molar-refractivity contribution in [2.24, 2.45) is 0 Å². The van der Waals surface area contributed by atoms with Gasteiger partial charge in [0.15, 0.2) is 0 Å². The first kappa shape index (κ1) is 13.8. The van der Waals surface area contributed by atoms with Crippen molar-refractivity contribution in [2.45, 2.75) is 19.8 Å². The zero-order valence-electron chi connectivity index (χ0n) is 11.0. The summed E-state index contributed by atoms with van der Waals surface area (Å²) in [6, 6.07) is 7.36. The summed E-state index contributed by atoms with van der Waals surface area (Å²) in [7, 11) is 0. The van der Waals surface area contributed by atoms with Gasteiger partial charge in [0.1, 0.15) is 0 Å². The predicted molar refractivity (Wildman–Crippen MR) is 69.3 cm³/mol. The highest BCUT2D eigenvalue weighted by Crippen LogP contribution is 2.30. The molecule has 0 bridgehead atoms. The van der Waals surface area contributed by atoms with Crippen LogP contribution < -0.4 is 4.74 Å². The summed E-state index contributed by atoms with van der Waals surface area (Å²) >= 11 is 0. The molecule has 0 saturated heterocycles. The monoisotopic (exact) mass is 275 g/mol. The molecule has 0 N–H and O–H groups in total. The predicted octanol–water partition coefficient (Wildman–Crippen LogP) is 1.67. The molecule has 6 heteroatoms. The van der Waals surface area contributed by atoms with Gasteiger partial charge in [0.2, 0.25) is 5.88 Å². The molecule has 0 fully saturated rings. The number of pyridine rings is 1. The van der Waals surface area contributed by atoms with Gasteiger partial charge in [0.05, 0.1) is 0 Å². The average Bonchev–Trinajstić information content (AvgIpc) is 2.78. The lowest BCUT2D eigenvalue weighted by Gasteiger charge is -2.08. The summed E-state index contributed by atoms with van der Waals surface area (Å²) in [5.74, 6) is -2.23. The summed E-state index contributed by atoms with van der Waals surface area (Å²) in [6.07, 6.45) is 1.72. The van der Waals surface area contributed by atoms with Crippen LogP contribution in [0.3, 0.4) is 0 Å². The third-order valence-corrected chi connectivity index (χ3v) is 2.79. The van der Waals surface area contributed by atoms with Gasteiger partial charge in [-0.2, -0.15) is 0 Å². The fourth-order valence-corrected chi connectivity index (χ4v) is 1.86. The minimum atomic E-state index is -1.35. The Morgan fingerprint density at radius 3 is 2.65 bits per heavy atom. The SMILES string of the molecule is CC(C)c1cc2ccccn2c1OC(=O)C(=O)OC=O. The van der Waals surface area contributed by atoms with Crippen molar-refractivity contribution < 1.29 is 23.9 Å². The maximum Gasteiger partial charge on any atom is 0.425 e. The summed E-state index contributed by atoms with van der Waals surface area (Å²) in [4.78, 5) is 32.8. The first-order valence-corrected chi connectivity index (χ1v) is 6.01. The zero-order valence-corrected chi connectivity index (χ0v) is 11.0. The van der Waals surface area contributed by atoms with Crippen LogP contribution in [0.15, 0.2) is 30.5 Å². The number of hydrogen-bond donors (Lipinski definition) is 0. The van der Waals surface area contributed by atoms with Gasteiger partial charge in [0, 0.05) is 17.3 Å². The maximum absolute atomic E-state index is 11.5. The number of esters is 2. The molecule has 0 aliphatic heterocycles. The number of rotatable bonds is 3. The fraction of sp³-hybridized carbons (Fsp3) is 0.214. The van der Waals surface area contributed by atoms with Crippen molar-refractivity contribution in [3.05, 3.63) is 36.0 Å². The molecule has 2 heterocycles. The Kier molecular flexibility index (Phi) is 3.84. The average molecular weight is 275 g/mol. The standard InChI is InChI=1S/C14H13NO5/c1-9(2)11-7-10-5-3-4-6-15(10)12(11)20-14(18)13(17)19-8-16/h3-9H,1-2H3. The highest BCUT2D eigenvalue weighted by molar-refractivity contribution is 6.31. The number of fused-ring (bicyclic) bond motifs is 1. The van der Waals surface area contributed by atoms with E-state index in [0.29, 0.717) is 0 Å². The molecule has 0 unspecified atom stereocenters. The van der Waals surface area contributed by atoms with Crippen molar-refractivity contribution >= 4 is 23.9 Å². The summed E-state index contributed by atoms with van der Waals surface area (Å²) in [6.45, 7) is 3.77. The molecule has 0 aliphatic carbocycles. The van der Waals surface area contributed by atoms with Gasteiger partial charge in [-0.15, -0.1) is 0 Å². The Morgan fingerprint density at radius 1 is 1.25 bits per heavy atom. The second kappa shape index (κ2) is 5.56. The van der Waals surface area contributed by atoms with Crippen LogP contribution in [-0.2, 0) is 19.1 Å². The number of aromatic nitrogens is 1. The van der Waals surface area contributed by atoms with Crippen molar-refractivity contribution in [1.82, 2.24) is 4.40 Å². The molecule has 0 atom stereocenters. The third-order valence-electron chi connectivity index (χ3n) is 2.79. The fourth-order valence-electron chi connectivity index (χ4n) is 1.86. The van der Waals surface area contributed by atoms with Crippen LogP contribution in [0.2, 0.25) is 0 Å². The van der Waals surface area contributed by atoms with Gasteiger partial charge in [-0.25, -0.2) is 9.59 Å². The maximum atomic E-state index is 11.5. The van der Waals surface area contributed by atoms with Crippen molar-refractivity contribution in [3.8, 4) is 5.88 Å². The molecule has 0 amide bonds. The molecular formula is C14H13NO5. The number of ether oxygens (including phenoxy) is 2. The first-order valence-electron chi connectivity index (χ1n) is 6.01. The van der Waals surface area contributed by atoms with E-state index in [2.05, 4.69) is 4.74 Å². The van der Waals surface area contributed by atoms with Crippen LogP contribution in [0.5, 0.6) is 5.88 Å². The third kappa shape index (κ3) is 2.54. The van der Waals surface area contributed by atoms with Gasteiger partial charge in [-0.05, 0) is 24.1 Å². The molecule has 2 aromatic heterocycles. The summed E-state index contributed by atoms with van der Waals surface area (Å²) in [5.41, 5.74) is 1.62. The van der Waals surface area contributed by atoms with E-state index in [4.69, 9.17) is 4.74 Å². The second-order valence-electron chi connectivity index (χ2n) is 4.45. The van der Waals surface area contributed by atoms with Crippen LogP contribution in [0.1, 0.15) is 25.3 Å². The topological polar surface area (TPSA) is 74.1 Å². The van der Waals surface area contributed by atoms with E-state index in [1.165, 1.54) is 0 Å². The smallest absolute Gasteiger partial charge is 0.400 e. The Hall–Kier alpha value is -2.63. The molecule has 20 heavy (non-hydrogen) atoms. The highest BCUT2D eigenvalue weighted by atomic mass is 16.6. The number of carbonyl (C=O) groups is 3. The summed E-state index contributed by atoms with van der Waals surface area (Å²) in [5, 5.41) is 0. The van der Waals surface area contributed by atoms with E-state index >= 15 is 0 Å².